The Morgan fingerprint density at radius 1 is 0.427 bits per heavy atom. The van der Waals surface area contributed by atoms with E-state index in [1.165, 1.54) is 54.5 Å². The van der Waals surface area contributed by atoms with E-state index in [4.69, 9.17) is 69.6 Å². The summed E-state index contributed by atoms with van der Waals surface area (Å²) in [7, 11) is -3.67. The van der Waals surface area contributed by atoms with E-state index in [0.29, 0.717) is 29.4 Å². The summed E-state index contributed by atoms with van der Waals surface area (Å²) in [5.41, 5.74) is 6.42. The second-order valence-electron chi connectivity index (χ2n) is 16.4. The van der Waals surface area contributed by atoms with Crippen molar-refractivity contribution < 1.29 is 23.7 Å². The number of hydrogen-bond donors (Lipinski definition) is 6. The van der Waals surface area contributed by atoms with Gasteiger partial charge in [-0.3, -0.25) is 0 Å². The predicted molar refractivity (Wildman–Crippen MR) is 313 cm³/mol. The van der Waals surface area contributed by atoms with Gasteiger partial charge < -0.3 is 31.3 Å². The molecule has 0 fully saturated rings. The highest BCUT2D eigenvalue weighted by Crippen LogP contribution is 2.38. The Bertz CT molecular complexity index is 3440. The zero-order valence-corrected chi connectivity index (χ0v) is 46.7. The lowest BCUT2D eigenvalue weighted by Gasteiger charge is -2.13. The summed E-state index contributed by atoms with van der Waals surface area (Å²) in [5.74, 6) is -0.198. The number of halogens is 6. The van der Waals surface area contributed by atoms with Gasteiger partial charge in [-0.25, -0.2) is 8.42 Å². The van der Waals surface area contributed by atoms with Crippen molar-refractivity contribution in [3.05, 3.63) is 247 Å². The molecule has 8 nitrogen and oxygen atoms in total. The molecular weight excluding hydrogens is 1130 g/mol. The Morgan fingerprint density at radius 2 is 0.840 bits per heavy atom. The quantitative estimate of drug-likeness (QED) is 0.0552. The van der Waals surface area contributed by atoms with Gasteiger partial charge >= 0.3 is 0 Å². The smallest absolute Gasteiger partial charge is 0.206 e. The molecule has 0 radical (unpaired) electrons. The lowest BCUT2D eigenvalue weighted by atomic mass is 10.2. The predicted octanol–water partition coefficient (Wildman–Crippen LogP) is 18.4. The zero-order chi connectivity index (χ0) is 53.5. The molecule has 17 heteroatoms. The average Bonchev–Trinajstić information content (AvgIpc) is 3.41. The van der Waals surface area contributed by atoms with E-state index >= 15 is 0 Å². The third-order valence-corrected chi connectivity index (χ3v) is 16.8. The van der Waals surface area contributed by atoms with Gasteiger partial charge in [-0.15, -0.1) is 0 Å². The highest BCUT2D eigenvalue weighted by atomic mass is 35.5. The Balaban J connectivity index is 0.000000164. The Hall–Kier alpha value is -5.83. The summed E-state index contributed by atoms with van der Waals surface area (Å²) in [6, 6.07) is 59.5. The van der Waals surface area contributed by atoms with E-state index in [0.717, 1.165) is 11.4 Å². The summed E-state index contributed by atoms with van der Waals surface area (Å²) >= 11 is 39.1. The van der Waals surface area contributed by atoms with E-state index in [1.54, 1.807) is 96.3 Å². The van der Waals surface area contributed by atoms with E-state index in [9.17, 15) is 23.7 Å². The number of aryl methyl sites for hydroxylation is 1. The van der Waals surface area contributed by atoms with Crippen molar-refractivity contribution in [3.8, 4) is 17.2 Å². The highest BCUT2D eigenvalue weighted by molar-refractivity contribution is 7.99. The summed E-state index contributed by atoms with van der Waals surface area (Å²) in [4.78, 5) is 5.18. The SMILES string of the molecule is Cc1ccc(Sc2ccccc2CNc2cc(Cl)c(O)c(Cl)c2)cc1.O=S(=O)(c1ccc(Cl)cc1)c1ccccc1CNc1ccc(O)c(Cl)c1.Oc1c(Cl)cc(NCc2ccccc2Sc2ccccc2)cc1Cl. The van der Waals surface area contributed by atoms with Crippen LogP contribution in [0, 0.1) is 6.92 Å². The van der Waals surface area contributed by atoms with Crippen molar-refractivity contribution in [1.29, 1.82) is 0 Å². The van der Waals surface area contributed by atoms with Crippen LogP contribution in [0.5, 0.6) is 17.2 Å². The lowest BCUT2D eigenvalue weighted by molar-refractivity contribution is 0.475. The van der Waals surface area contributed by atoms with Gasteiger partial charge in [-0.05, 0) is 133 Å². The third-order valence-electron chi connectivity index (χ3n) is 11.0. The molecule has 0 saturated heterocycles. The van der Waals surface area contributed by atoms with E-state index in [-0.39, 0.29) is 58.7 Å². The Morgan fingerprint density at radius 3 is 1.35 bits per heavy atom. The van der Waals surface area contributed by atoms with Crippen molar-refractivity contribution in [2.24, 2.45) is 0 Å². The number of phenols is 3. The molecule has 0 aliphatic carbocycles. The normalized spacial score (nSPS) is 10.9. The van der Waals surface area contributed by atoms with Gasteiger partial charge in [0.15, 0.2) is 11.5 Å². The van der Waals surface area contributed by atoms with Crippen LogP contribution in [0.25, 0.3) is 0 Å². The molecule has 0 heterocycles. The minimum absolute atomic E-state index is 0.0112. The minimum atomic E-state index is -3.67. The first kappa shape index (κ1) is 56.9. The van der Waals surface area contributed by atoms with Crippen LogP contribution in [0.2, 0.25) is 30.1 Å². The van der Waals surface area contributed by atoms with Gasteiger partial charge in [0.05, 0.1) is 34.9 Å². The molecule has 75 heavy (non-hydrogen) atoms. The fraction of sp³-hybridized carbons (Fsp3) is 0.0690. The third kappa shape index (κ3) is 16.3. The lowest BCUT2D eigenvalue weighted by Crippen LogP contribution is -2.09. The van der Waals surface area contributed by atoms with Crippen molar-refractivity contribution in [2.45, 2.75) is 55.9 Å². The van der Waals surface area contributed by atoms with Gasteiger partial charge in [0.1, 0.15) is 5.75 Å². The van der Waals surface area contributed by atoms with Crippen LogP contribution in [-0.4, -0.2) is 23.7 Å². The van der Waals surface area contributed by atoms with Gasteiger partial charge in [0, 0.05) is 61.3 Å². The van der Waals surface area contributed by atoms with Crippen LogP contribution in [0.3, 0.4) is 0 Å². The Labute approximate surface area is 475 Å². The number of sulfone groups is 1. The highest BCUT2D eigenvalue weighted by Gasteiger charge is 2.21. The second-order valence-corrected chi connectivity index (χ2v) is 23.0. The molecule has 0 unspecified atom stereocenters. The van der Waals surface area contributed by atoms with Gasteiger partial charge in [0.2, 0.25) is 9.84 Å². The maximum atomic E-state index is 13.0. The van der Waals surface area contributed by atoms with Crippen molar-refractivity contribution >= 4 is 120 Å². The fourth-order valence-electron chi connectivity index (χ4n) is 7.04. The van der Waals surface area contributed by atoms with E-state index in [1.807, 2.05) is 42.5 Å². The number of aromatic hydroxyl groups is 3. The first-order valence-electron chi connectivity index (χ1n) is 22.8. The first-order valence-corrected chi connectivity index (χ1v) is 28.2. The topological polar surface area (TPSA) is 131 Å². The van der Waals surface area contributed by atoms with E-state index < -0.39 is 9.84 Å². The maximum Gasteiger partial charge on any atom is 0.206 e. The van der Waals surface area contributed by atoms with E-state index in [2.05, 4.69) is 83.5 Å². The molecule has 6 N–H and O–H groups in total. The van der Waals surface area contributed by atoms with Crippen LogP contribution in [0.15, 0.2) is 223 Å². The summed E-state index contributed by atoms with van der Waals surface area (Å²) in [5, 5.41) is 40.1. The maximum absolute atomic E-state index is 13.0. The van der Waals surface area contributed by atoms with Crippen molar-refractivity contribution in [2.75, 3.05) is 16.0 Å². The standard InChI is InChI=1S/C20H17Cl2NOS.C19H15Cl2NO3S.C19H15Cl2NOS/c1-13-6-8-16(9-7-13)25-19-5-3-2-4-14(19)12-23-15-10-17(21)20(24)18(22)11-15;20-14-5-8-16(9-6-14)26(24,25)19-4-2-1-3-13(19)12-22-15-7-10-18(23)17(21)11-15;20-16-10-14(11-17(21)19(16)23)22-12-13-6-4-5-9-18(13)24-15-7-2-1-3-8-15/h2-11,23-24H,12H2,1H3;1-11,22-23H,12H2;1-11,22-23H,12H2. The molecule has 0 saturated carbocycles. The molecule has 0 spiro atoms. The first-order chi connectivity index (χ1) is 36.0. The minimum Gasteiger partial charge on any atom is -0.506 e. The molecule has 0 aliphatic heterocycles. The number of phenolic OH excluding ortho intramolecular Hbond substituents is 3. The van der Waals surface area contributed by atoms with Gasteiger partial charge in [0.25, 0.3) is 0 Å². The van der Waals surface area contributed by atoms with Crippen LogP contribution in [0.4, 0.5) is 17.1 Å². The summed E-state index contributed by atoms with van der Waals surface area (Å²) in [6.07, 6.45) is 0. The van der Waals surface area contributed by atoms with Crippen molar-refractivity contribution in [3.63, 3.8) is 0 Å². The zero-order valence-electron chi connectivity index (χ0n) is 39.7. The van der Waals surface area contributed by atoms with Crippen LogP contribution >= 0.6 is 93.1 Å². The van der Waals surface area contributed by atoms with Crippen LogP contribution in [0.1, 0.15) is 22.3 Å². The van der Waals surface area contributed by atoms with Crippen LogP contribution in [-0.2, 0) is 29.5 Å². The molecule has 9 rings (SSSR count). The molecule has 0 bridgehead atoms. The van der Waals surface area contributed by atoms with Crippen molar-refractivity contribution in [1.82, 2.24) is 0 Å². The molecule has 0 aliphatic rings. The number of rotatable bonds is 15. The molecule has 0 amide bonds. The molecule has 384 valence electrons. The molecule has 9 aromatic rings. The summed E-state index contributed by atoms with van der Waals surface area (Å²) in [6.45, 7) is 3.63. The van der Waals surface area contributed by atoms with Crippen LogP contribution < -0.4 is 16.0 Å². The fourth-order valence-corrected chi connectivity index (χ4v) is 11.7. The number of benzene rings is 9. The molecule has 0 aromatic heterocycles. The van der Waals surface area contributed by atoms with Gasteiger partial charge in [-0.1, -0.05) is 184 Å². The summed E-state index contributed by atoms with van der Waals surface area (Å²) < 4.78 is 25.9. The molecule has 0 atom stereocenters. The molecule has 9 aromatic carbocycles. The van der Waals surface area contributed by atoms with Gasteiger partial charge in [-0.2, -0.15) is 0 Å². The largest absolute Gasteiger partial charge is 0.506 e. The Kier molecular flexibility index (Phi) is 20.7. The average molecular weight is 1170 g/mol. The molecular formula is C58H47Cl6N3O5S3. The second kappa shape index (κ2) is 27.3. The number of hydrogen-bond acceptors (Lipinski definition) is 10. The number of nitrogens with one attached hydrogen (secondary N) is 3. The monoisotopic (exact) mass is 1170 g/mol. The number of anilines is 3.